The Hall–Kier alpha value is -2.37. The van der Waals surface area contributed by atoms with Gasteiger partial charge in [0.05, 0.1) is 5.56 Å². The van der Waals surface area contributed by atoms with Gasteiger partial charge in [0, 0.05) is 11.9 Å². The fourth-order valence-electron chi connectivity index (χ4n) is 3.38. The summed E-state index contributed by atoms with van der Waals surface area (Å²) in [4.78, 5) is 16.1. The van der Waals surface area contributed by atoms with Crippen LogP contribution in [0.3, 0.4) is 0 Å². The van der Waals surface area contributed by atoms with Crippen molar-refractivity contribution in [3.8, 4) is 0 Å². The predicted octanol–water partition coefficient (Wildman–Crippen LogP) is 5.40. The number of aromatic nitrogens is 1. The van der Waals surface area contributed by atoms with Crippen LogP contribution in [0.4, 0.5) is 18.9 Å². The molecule has 1 aliphatic rings. The van der Waals surface area contributed by atoms with E-state index in [9.17, 15) is 18.0 Å². The van der Waals surface area contributed by atoms with Crippen LogP contribution in [0.25, 0.3) is 0 Å². The second-order valence-corrected chi connectivity index (χ2v) is 6.27. The fourth-order valence-corrected chi connectivity index (χ4v) is 3.38. The third-order valence-corrected chi connectivity index (χ3v) is 4.58. The Balaban J connectivity index is 1.88. The predicted molar refractivity (Wildman–Crippen MR) is 89.5 cm³/mol. The minimum atomic E-state index is -4.62. The number of hydrogen-bond acceptors (Lipinski definition) is 2. The maximum Gasteiger partial charge on any atom is 0.418 e. The molecule has 0 radical (unpaired) electrons. The summed E-state index contributed by atoms with van der Waals surface area (Å²) >= 11 is 0. The van der Waals surface area contributed by atoms with E-state index in [2.05, 4.69) is 10.3 Å². The number of nitrogens with zero attached hydrogens (tertiary/aromatic N) is 1. The molecular formula is C19H19F3N2O. The zero-order valence-electron chi connectivity index (χ0n) is 13.6. The molecule has 1 N–H and O–H groups in total. The van der Waals surface area contributed by atoms with Gasteiger partial charge in [0.25, 0.3) is 5.91 Å². The maximum atomic E-state index is 13.1. The highest BCUT2D eigenvalue weighted by Crippen LogP contribution is 2.37. The molecule has 1 aromatic heterocycles. The highest BCUT2D eigenvalue weighted by molar-refractivity contribution is 6.04. The number of para-hydroxylation sites is 1. The first-order chi connectivity index (χ1) is 12.0. The van der Waals surface area contributed by atoms with E-state index in [1.165, 1.54) is 18.7 Å². The van der Waals surface area contributed by atoms with Gasteiger partial charge in [-0.05, 0) is 42.5 Å². The van der Waals surface area contributed by atoms with Crippen molar-refractivity contribution >= 4 is 11.6 Å². The number of nitrogens with one attached hydrogen (secondary N) is 1. The zero-order chi connectivity index (χ0) is 17.9. The molecule has 1 aromatic carbocycles. The molecule has 1 aliphatic carbocycles. The Morgan fingerprint density at radius 1 is 1.04 bits per heavy atom. The second-order valence-electron chi connectivity index (χ2n) is 6.27. The molecule has 132 valence electrons. The number of rotatable bonds is 3. The largest absolute Gasteiger partial charge is 0.418 e. The number of hydrogen-bond donors (Lipinski definition) is 1. The SMILES string of the molecule is O=C(Nc1ccccc1C1CCCCC1)c1ncccc1C(F)(F)F. The molecule has 1 fully saturated rings. The molecule has 2 aromatic rings. The molecule has 6 heteroatoms. The summed E-state index contributed by atoms with van der Waals surface area (Å²) in [5.74, 6) is -0.507. The second kappa shape index (κ2) is 7.25. The fraction of sp³-hybridized carbons (Fsp3) is 0.368. The third-order valence-electron chi connectivity index (χ3n) is 4.58. The Labute approximate surface area is 144 Å². The van der Waals surface area contributed by atoms with Crippen molar-refractivity contribution in [2.24, 2.45) is 0 Å². The lowest BCUT2D eigenvalue weighted by molar-refractivity contribution is -0.138. The van der Waals surface area contributed by atoms with E-state index in [4.69, 9.17) is 0 Å². The Morgan fingerprint density at radius 2 is 1.76 bits per heavy atom. The summed E-state index contributed by atoms with van der Waals surface area (Å²) in [5, 5.41) is 2.64. The quantitative estimate of drug-likeness (QED) is 0.807. The Kier molecular flexibility index (Phi) is 5.06. The van der Waals surface area contributed by atoms with E-state index in [0.29, 0.717) is 11.6 Å². The van der Waals surface area contributed by atoms with Crippen molar-refractivity contribution in [2.45, 2.75) is 44.2 Å². The standard InChI is InChI=1S/C19H19F3N2O/c20-19(21,22)15-10-6-12-23-17(15)18(25)24-16-11-5-4-9-14(16)13-7-2-1-3-8-13/h4-6,9-13H,1-3,7-8H2,(H,24,25). The average molecular weight is 348 g/mol. The van der Waals surface area contributed by atoms with Crippen LogP contribution in [0.5, 0.6) is 0 Å². The van der Waals surface area contributed by atoms with Crippen LogP contribution in [0.2, 0.25) is 0 Å². The van der Waals surface area contributed by atoms with Crippen LogP contribution in [0.1, 0.15) is 59.6 Å². The summed E-state index contributed by atoms with van der Waals surface area (Å²) in [6.07, 6.45) is 2.10. The van der Waals surface area contributed by atoms with Crippen LogP contribution in [0, 0.1) is 0 Å². The smallest absolute Gasteiger partial charge is 0.320 e. The van der Waals surface area contributed by atoms with Gasteiger partial charge in [-0.15, -0.1) is 0 Å². The van der Waals surface area contributed by atoms with Crippen molar-refractivity contribution in [3.05, 3.63) is 59.4 Å². The molecule has 0 saturated heterocycles. The first kappa shape index (κ1) is 17.5. The summed E-state index contributed by atoms with van der Waals surface area (Å²) in [7, 11) is 0. The van der Waals surface area contributed by atoms with Gasteiger partial charge in [-0.2, -0.15) is 13.2 Å². The van der Waals surface area contributed by atoms with Gasteiger partial charge >= 0.3 is 6.18 Å². The zero-order valence-corrected chi connectivity index (χ0v) is 13.6. The molecule has 1 saturated carbocycles. The Morgan fingerprint density at radius 3 is 2.48 bits per heavy atom. The first-order valence-corrected chi connectivity index (χ1v) is 8.39. The first-order valence-electron chi connectivity index (χ1n) is 8.39. The van der Waals surface area contributed by atoms with Gasteiger partial charge in [-0.3, -0.25) is 9.78 Å². The molecule has 0 unspecified atom stereocenters. The monoisotopic (exact) mass is 348 g/mol. The number of anilines is 1. The summed E-state index contributed by atoms with van der Waals surface area (Å²) in [5.41, 5.74) is -0.0747. The third kappa shape index (κ3) is 4.00. The van der Waals surface area contributed by atoms with Gasteiger partial charge in [-0.25, -0.2) is 0 Å². The molecule has 0 spiro atoms. The molecule has 1 amide bonds. The van der Waals surface area contributed by atoms with Crippen molar-refractivity contribution in [3.63, 3.8) is 0 Å². The minimum absolute atomic E-state index is 0.330. The maximum absolute atomic E-state index is 13.1. The lowest BCUT2D eigenvalue weighted by atomic mass is 9.83. The summed E-state index contributed by atoms with van der Waals surface area (Å²) in [6.45, 7) is 0. The van der Waals surface area contributed by atoms with Crippen LogP contribution in [0.15, 0.2) is 42.6 Å². The van der Waals surface area contributed by atoms with Gasteiger partial charge in [-0.1, -0.05) is 37.5 Å². The van der Waals surface area contributed by atoms with Crippen LogP contribution in [-0.2, 0) is 6.18 Å². The highest BCUT2D eigenvalue weighted by atomic mass is 19.4. The summed E-state index contributed by atoms with van der Waals surface area (Å²) in [6, 6.07) is 9.38. The summed E-state index contributed by atoms with van der Waals surface area (Å²) < 4.78 is 39.3. The van der Waals surface area contributed by atoms with E-state index in [1.807, 2.05) is 12.1 Å². The van der Waals surface area contributed by atoms with E-state index < -0.39 is 23.3 Å². The molecule has 0 aliphatic heterocycles. The van der Waals surface area contributed by atoms with E-state index in [1.54, 1.807) is 12.1 Å². The van der Waals surface area contributed by atoms with Crippen LogP contribution in [-0.4, -0.2) is 10.9 Å². The number of benzene rings is 1. The lowest BCUT2D eigenvalue weighted by Gasteiger charge is -2.24. The van der Waals surface area contributed by atoms with Gasteiger partial charge < -0.3 is 5.32 Å². The van der Waals surface area contributed by atoms with Crippen molar-refractivity contribution in [1.29, 1.82) is 0 Å². The van der Waals surface area contributed by atoms with Gasteiger partial charge in [0.15, 0.2) is 0 Å². The van der Waals surface area contributed by atoms with Crippen molar-refractivity contribution in [1.82, 2.24) is 4.98 Å². The number of alkyl halides is 3. The number of carbonyl (C=O) groups is 1. The van der Waals surface area contributed by atoms with Gasteiger partial charge in [0.1, 0.15) is 5.69 Å². The van der Waals surface area contributed by atoms with Crippen molar-refractivity contribution < 1.29 is 18.0 Å². The van der Waals surface area contributed by atoms with E-state index in [-0.39, 0.29) is 0 Å². The molecule has 3 nitrogen and oxygen atoms in total. The molecule has 0 bridgehead atoms. The number of amides is 1. The molecule has 1 heterocycles. The molecule has 3 rings (SSSR count). The van der Waals surface area contributed by atoms with Gasteiger partial charge in [0.2, 0.25) is 0 Å². The topological polar surface area (TPSA) is 42.0 Å². The minimum Gasteiger partial charge on any atom is -0.320 e. The number of pyridine rings is 1. The highest BCUT2D eigenvalue weighted by Gasteiger charge is 2.36. The van der Waals surface area contributed by atoms with E-state index >= 15 is 0 Å². The van der Waals surface area contributed by atoms with E-state index in [0.717, 1.165) is 37.3 Å². The molecule has 25 heavy (non-hydrogen) atoms. The lowest BCUT2D eigenvalue weighted by Crippen LogP contribution is -2.21. The van der Waals surface area contributed by atoms with Crippen LogP contribution < -0.4 is 5.32 Å². The number of carbonyl (C=O) groups excluding carboxylic acids is 1. The molecule has 0 atom stereocenters. The van der Waals surface area contributed by atoms with Crippen molar-refractivity contribution in [2.75, 3.05) is 5.32 Å². The molecular weight excluding hydrogens is 329 g/mol. The number of halogens is 3. The van der Waals surface area contributed by atoms with Crippen LogP contribution >= 0.6 is 0 Å². The normalized spacial score (nSPS) is 15.8. The Bertz CT molecular complexity index is 752. The average Bonchev–Trinajstić information content (AvgIpc) is 2.62.